The Hall–Kier alpha value is -3.22. The molecule has 1 aromatic carbocycles. The van der Waals surface area contributed by atoms with Gasteiger partial charge < -0.3 is 9.47 Å². The summed E-state index contributed by atoms with van der Waals surface area (Å²) in [6.07, 6.45) is 6.33. The topological polar surface area (TPSA) is 74.4 Å². The summed E-state index contributed by atoms with van der Waals surface area (Å²) < 4.78 is 11.0. The van der Waals surface area contributed by atoms with E-state index in [0.717, 1.165) is 16.9 Å². The van der Waals surface area contributed by atoms with Crippen LogP contribution in [0.4, 0.5) is 0 Å². The molecule has 0 aliphatic rings. The molecular weight excluding hydrogens is 294 g/mol. The molecule has 2 heterocycles. The number of methoxy groups -OCH3 is 1. The van der Waals surface area contributed by atoms with Crippen molar-refractivity contribution >= 4 is 6.21 Å². The predicted molar refractivity (Wildman–Crippen MR) is 84.6 cm³/mol. The Morgan fingerprint density at radius 3 is 2.96 bits per heavy atom. The molecule has 0 unspecified atom stereocenters. The largest absolute Gasteiger partial charge is 0.496 e. The fraction of sp³-hybridized carbons (Fsp3) is 0.125. The summed E-state index contributed by atoms with van der Waals surface area (Å²) in [6, 6.07) is 11.3. The molecule has 7 heteroatoms. The van der Waals surface area contributed by atoms with Gasteiger partial charge in [-0.2, -0.15) is 5.10 Å². The average molecular weight is 309 g/mol. The molecule has 7 nitrogen and oxygen atoms in total. The first kappa shape index (κ1) is 14.7. The molecule has 3 rings (SSSR count). The summed E-state index contributed by atoms with van der Waals surface area (Å²) in [7, 11) is 1.63. The van der Waals surface area contributed by atoms with Gasteiger partial charge in [0.05, 0.1) is 13.3 Å². The highest BCUT2D eigenvalue weighted by Crippen LogP contribution is 2.21. The lowest BCUT2D eigenvalue weighted by Crippen LogP contribution is -2.01. The van der Waals surface area contributed by atoms with E-state index in [4.69, 9.17) is 9.47 Å². The molecule has 0 saturated heterocycles. The van der Waals surface area contributed by atoms with Gasteiger partial charge in [0.25, 0.3) is 0 Å². The normalized spacial score (nSPS) is 10.8. The zero-order valence-electron chi connectivity index (χ0n) is 12.5. The number of hydrogen-bond donors (Lipinski definition) is 0. The number of ether oxygens (including phenoxy) is 2. The number of aromatic nitrogens is 4. The fourth-order valence-electron chi connectivity index (χ4n) is 1.96. The van der Waals surface area contributed by atoms with Crippen molar-refractivity contribution < 1.29 is 9.47 Å². The van der Waals surface area contributed by atoms with Crippen molar-refractivity contribution in [2.45, 2.75) is 6.61 Å². The highest BCUT2D eigenvalue weighted by molar-refractivity contribution is 5.80. The van der Waals surface area contributed by atoms with Gasteiger partial charge in [0.1, 0.15) is 25.0 Å². The van der Waals surface area contributed by atoms with Crippen LogP contribution in [0.2, 0.25) is 0 Å². The van der Waals surface area contributed by atoms with Gasteiger partial charge in [0.2, 0.25) is 5.88 Å². The van der Waals surface area contributed by atoms with Crippen molar-refractivity contribution in [1.29, 1.82) is 0 Å². The summed E-state index contributed by atoms with van der Waals surface area (Å²) >= 11 is 0. The van der Waals surface area contributed by atoms with Crippen LogP contribution in [-0.2, 0) is 6.61 Å². The van der Waals surface area contributed by atoms with Crippen molar-refractivity contribution in [1.82, 2.24) is 19.9 Å². The van der Waals surface area contributed by atoms with Crippen LogP contribution in [0.3, 0.4) is 0 Å². The van der Waals surface area contributed by atoms with E-state index < -0.39 is 0 Å². The van der Waals surface area contributed by atoms with Gasteiger partial charge in [-0.1, -0.05) is 6.07 Å². The maximum atomic E-state index is 5.68. The van der Waals surface area contributed by atoms with E-state index in [1.54, 1.807) is 19.5 Å². The maximum absolute atomic E-state index is 5.68. The molecule has 0 N–H and O–H groups in total. The summed E-state index contributed by atoms with van der Waals surface area (Å²) in [5, 5.41) is 8.09. The molecule has 0 spiro atoms. The smallest absolute Gasteiger partial charge is 0.213 e. The van der Waals surface area contributed by atoms with Crippen LogP contribution in [-0.4, -0.2) is 33.2 Å². The van der Waals surface area contributed by atoms with E-state index >= 15 is 0 Å². The molecule has 0 radical (unpaired) electrons. The number of pyridine rings is 1. The first-order valence-corrected chi connectivity index (χ1v) is 6.95. The van der Waals surface area contributed by atoms with E-state index in [-0.39, 0.29) is 0 Å². The molecular formula is C16H15N5O2. The first-order valence-electron chi connectivity index (χ1n) is 6.95. The van der Waals surface area contributed by atoms with Gasteiger partial charge in [0, 0.05) is 17.8 Å². The molecule has 0 aliphatic heterocycles. The second-order valence-electron chi connectivity index (χ2n) is 4.59. The van der Waals surface area contributed by atoms with Crippen molar-refractivity contribution in [3.8, 4) is 11.6 Å². The molecule has 0 atom stereocenters. The van der Waals surface area contributed by atoms with E-state index in [9.17, 15) is 0 Å². The Kier molecular flexibility index (Phi) is 4.58. The predicted octanol–water partition coefficient (Wildman–Crippen LogP) is 2.14. The number of hydrogen-bond acceptors (Lipinski definition) is 6. The van der Waals surface area contributed by atoms with Crippen molar-refractivity contribution in [3.63, 3.8) is 0 Å². The highest BCUT2D eigenvalue weighted by Gasteiger charge is 2.05. The van der Waals surface area contributed by atoms with Crippen LogP contribution >= 0.6 is 0 Å². The molecule has 2 aromatic heterocycles. The van der Waals surface area contributed by atoms with E-state index in [1.807, 2.05) is 36.4 Å². The summed E-state index contributed by atoms with van der Waals surface area (Å²) in [4.78, 5) is 9.35. The van der Waals surface area contributed by atoms with Crippen molar-refractivity contribution in [2.24, 2.45) is 5.10 Å². The van der Waals surface area contributed by atoms with Gasteiger partial charge in [0.15, 0.2) is 0 Å². The van der Waals surface area contributed by atoms with Crippen LogP contribution in [0.1, 0.15) is 11.1 Å². The zero-order chi connectivity index (χ0) is 15.9. The lowest BCUT2D eigenvalue weighted by atomic mass is 10.1. The van der Waals surface area contributed by atoms with Crippen molar-refractivity contribution in [3.05, 3.63) is 66.4 Å². The number of benzene rings is 1. The highest BCUT2D eigenvalue weighted by atomic mass is 16.5. The lowest BCUT2D eigenvalue weighted by molar-refractivity contribution is 0.285. The van der Waals surface area contributed by atoms with Gasteiger partial charge in [-0.15, -0.1) is 9.89 Å². The second-order valence-corrected chi connectivity index (χ2v) is 4.59. The monoisotopic (exact) mass is 309 g/mol. The molecule has 116 valence electrons. The van der Waals surface area contributed by atoms with Crippen LogP contribution in [0.5, 0.6) is 11.6 Å². The van der Waals surface area contributed by atoms with Gasteiger partial charge >= 0.3 is 0 Å². The van der Waals surface area contributed by atoms with E-state index in [0.29, 0.717) is 12.5 Å². The van der Waals surface area contributed by atoms with Gasteiger partial charge in [-0.25, -0.2) is 9.97 Å². The lowest BCUT2D eigenvalue weighted by Gasteiger charge is -2.10. The Morgan fingerprint density at radius 1 is 1.26 bits per heavy atom. The molecule has 0 aliphatic carbocycles. The minimum absolute atomic E-state index is 0.352. The molecule has 3 aromatic rings. The molecule has 0 bridgehead atoms. The molecule has 0 fully saturated rings. The Bertz CT molecular complexity index is 772. The van der Waals surface area contributed by atoms with E-state index in [2.05, 4.69) is 20.2 Å². The van der Waals surface area contributed by atoms with Crippen LogP contribution in [0, 0.1) is 0 Å². The third-order valence-corrected chi connectivity index (χ3v) is 3.05. The Balaban J connectivity index is 1.76. The third-order valence-electron chi connectivity index (χ3n) is 3.05. The van der Waals surface area contributed by atoms with Gasteiger partial charge in [-0.3, -0.25) is 0 Å². The number of nitrogens with zero attached hydrogens (tertiary/aromatic N) is 5. The maximum Gasteiger partial charge on any atom is 0.213 e. The zero-order valence-corrected chi connectivity index (χ0v) is 12.5. The third kappa shape index (κ3) is 3.91. The van der Waals surface area contributed by atoms with E-state index in [1.165, 1.54) is 17.4 Å². The SMILES string of the molecule is COc1ccc(C=Nn2cncn2)cc1COc1ccccn1. The van der Waals surface area contributed by atoms with Crippen molar-refractivity contribution in [2.75, 3.05) is 7.11 Å². The minimum atomic E-state index is 0.352. The minimum Gasteiger partial charge on any atom is -0.496 e. The Morgan fingerprint density at radius 2 is 2.22 bits per heavy atom. The summed E-state index contributed by atoms with van der Waals surface area (Å²) in [6.45, 7) is 0.352. The van der Waals surface area contributed by atoms with Crippen LogP contribution in [0.25, 0.3) is 0 Å². The molecule has 23 heavy (non-hydrogen) atoms. The van der Waals surface area contributed by atoms with Gasteiger partial charge in [-0.05, 0) is 29.8 Å². The quantitative estimate of drug-likeness (QED) is 0.652. The fourth-order valence-corrected chi connectivity index (χ4v) is 1.96. The standard InChI is InChI=1S/C16H15N5O2/c1-22-15-6-5-13(9-19-21-12-17-11-20-21)8-14(15)10-23-16-4-2-3-7-18-16/h2-9,11-12H,10H2,1H3. The average Bonchev–Trinajstić information content (AvgIpc) is 3.12. The number of rotatable bonds is 6. The first-order chi connectivity index (χ1) is 11.3. The Labute approximate surface area is 133 Å². The molecule has 0 saturated carbocycles. The summed E-state index contributed by atoms with van der Waals surface area (Å²) in [5.41, 5.74) is 1.81. The van der Waals surface area contributed by atoms with Crippen LogP contribution in [0.15, 0.2) is 60.4 Å². The van der Waals surface area contributed by atoms with Crippen LogP contribution < -0.4 is 9.47 Å². The molecule has 0 amide bonds. The summed E-state index contributed by atoms with van der Waals surface area (Å²) in [5.74, 6) is 1.31. The second kappa shape index (κ2) is 7.17.